The van der Waals surface area contributed by atoms with E-state index in [1.807, 2.05) is 0 Å². The summed E-state index contributed by atoms with van der Waals surface area (Å²) in [5, 5.41) is 0. The number of ether oxygens (including phenoxy) is 1. The van der Waals surface area contributed by atoms with Crippen molar-refractivity contribution in [2.24, 2.45) is 11.8 Å². The first-order valence-corrected chi connectivity index (χ1v) is 6.48. The van der Waals surface area contributed by atoms with E-state index in [0.29, 0.717) is 11.7 Å². The van der Waals surface area contributed by atoms with Gasteiger partial charge in [0.25, 0.3) is 0 Å². The molecule has 0 radical (unpaired) electrons. The second kappa shape index (κ2) is 5.11. The molecule has 0 amide bonds. The summed E-state index contributed by atoms with van der Waals surface area (Å²) in [5.41, 5.74) is 0. The Balaban J connectivity index is 1.93. The molecule has 2 fully saturated rings. The quantitative estimate of drug-likeness (QED) is 0.716. The number of carbonyl (C=O) groups is 1. The summed E-state index contributed by atoms with van der Waals surface area (Å²) >= 11 is 0. The Labute approximate surface area is 92.4 Å². The van der Waals surface area contributed by atoms with Crippen LogP contribution in [0.25, 0.3) is 0 Å². The minimum Gasteiger partial charge on any atom is -0.377 e. The monoisotopic (exact) mass is 210 g/mol. The first-order chi connectivity index (χ1) is 7.33. The van der Waals surface area contributed by atoms with Crippen molar-refractivity contribution in [1.82, 2.24) is 0 Å². The molecule has 2 atom stereocenters. The van der Waals surface area contributed by atoms with Crippen LogP contribution < -0.4 is 0 Å². The highest BCUT2D eigenvalue weighted by molar-refractivity contribution is 5.84. The van der Waals surface area contributed by atoms with E-state index in [1.165, 1.54) is 19.3 Å². The van der Waals surface area contributed by atoms with E-state index in [4.69, 9.17) is 4.74 Å². The summed E-state index contributed by atoms with van der Waals surface area (Å²) in [7, 11) is 0. The van der Waals surface area contributed by atoms with Crippen LogP contribution in [0.15, 0.2) is 0 Å². The van der Waals surface area contributed by atoms with Crippen LogP contribution in [0.2, 0.25) is 0 Å². The maximum atomic E-state index is 12.3. The molecule has 86 valence electrons. The molecular formula is C13H22O2. The number of Topliss-reactive ketones (excluding diaryl/α,β-unsaturated/α-hetero) is 1. The minimum absolute atomic E-state index is 0.220. The zero-order valence-electron chi connectivity index (χ0n) is 9.71. The third-order valence-electron chi connectivity index (χ3n) is 3.98. The third-order valence-corrected chi connectivity index (χ3v) is 3.98. The molecule has 1 heterocycles. The number of hydrogen-bond acceptors (Lipinski definition) is 2. The standard InChI is InChI=1S/C13H22O2/c1-2-12-11(8-9-15-12)13(14)10-6-4-3-5-7-10/h10-12H,2-9H2,1H3. The highest BCUT2D eigenvalue weighted by Crippen LogP contribution is 2.32. The smallest absolute Gasteiger partial charge is 0.141 e. The maximum absolute atomic E-state index is 12.3. The number of rotatable bonds is 3. The largest absolute Gasteiger partial charge is 0.377 e. The van der Waals surface area contributed by atoms with Gasteiger partial charge in [-0.2, -0.15) is 0 Å². The first kappa shape index (κ1) is 11.1. The Morgan fingerprint density at radius 3 is 2.60 bits per heavy atom. The van der Waals surface area contributed by atoms with Gasteiger partial charge in [0, 0.05) is 18.4 Å². The molecule has 0 aromatic heterocycles. The first-order valence-electron chi connectivity index (χ1n) is 6.48. The fraction of sp³-hybridized carbons (Fsp3) is 0.923. The van der Waals surface area contributed by atoms with Gasteiger partial charge in [-0.1, -0.05) is 26.2 Å². The predicted octanol–water partition coefficient (Wildman–Crippen LogP) is 2.95. The van der Waals surface area contributed by atoms with Gasteiger partial charge in [0.2, 0.25) is 0 Å². The number of ketones is 1. The molecule has 2 nitrogen and oxygen atoms in total. The molecular weight excluding hydrogens is 188 g/mol. The molecule has 0 bridgehead atoms. The van der Waals surface area contributed by atoms with Crippen LogP contribution in [0.4, 0.5) is 0 Å². The summed E-state index contributed by atoms with van der Waals surface area (Å²) < 4.78 is 5.61. The Morgan fingerprint density at radius 1 is 1.20 bits per heavy atom. The summed E-state index contributed by atoms with van der Waals surface area (Å²) in [6.07, 6.45) is 8.26. The topological polar surface area (TPSA) is 26.3 Å². The van der Waals surface area contributed by atoms with Gasteiger partial charge in [0.15, 0.2) is 0 Å². The lowest BCUT2D eigenvalue weighted by atomic mass is 9.79. The predicted molar refractivity (Wildman–Crippen MR) is 59.7 cm³/mol. The molecule has 15 heavy (non-hydrogen) atoms. The van der Waals surface area contributed by atoms with Gasteiger partial charge in [-0.25, -0.2) is 0 Å². The molecule has 0 aromatic rings. The average Bonchev–Trinajstić information content (AvgIpc) is 2.77. The second-order valence-electron chi connectivity index (χ2n) is 4.95. The van der Waals surface area contributed by atoms with E-state index in [-0.39, 0.29) is 12.0 Å². The third kappa shape index (κ3) is 2.41. The van der Waals surface area contributed by atoms with Crippen molar-refractivity contribution in [3.63, 3.8) is 0 Å². The van der Waals surface area contributed by atoms with Gasteiger partial charge in [0.1, 0.15) is 5.78 Å². The van der Waals surface area contributed by atoms with Crippen LogP contribution in [0, 0.1) is 11.8 Å². The molecule has 2 unspecified atom stereocenters. The van der Waals surface area contributed by atoms with Gasteiger partial charge in [-0.15, -0.1) is 0 Å². The van der Waals surface area contributed by atoms with Crippen molar-refractivity contribution in [2.75, 3.05) is 6.61 Å². The lowest BCUT2D eigenvalue weighted by molar-refractivity contribution is -0.129. The molecule has 1 aliphatic carbocycles. The highest BCUT2D eigenvalue weighted by Gasteiger charge is 2.36. The Bertz CT molecular complexity index is 219. The van der Waals surface area contributed by atoms with Gasteiger partial charge < -0.3 is 4.74 Å². The van der Waals surface area contributed by atoms with Crippen LogP contribution in [0.5, 0.6) is 0 Å². The summed E-state index contributed by atoms with van der Waals surface area (Å²) in [6.45, 7) is 2.92. The maximum Gasteiger partial charge on any atom is 0.141 e. The van der Waals surface area contributed by atoms with Crippen molar-refractivity contribution in [1.29, 1.82) is 0 Å². The van der Waals surface area contributed by atoms with Crippen molar-refractivity contribution in [3.8, 4) is 0 Å². The van der Waals surface area contributed by atoms with Crippen LogP contribution >= 0.6 is 0 Å². The lowest BCUT2D eigenvalue weighted by Crippen LogP contribution is -2.30. The molecule has 2 aliphatic rings. The van der Waals surface area contributed by atoms with Gasteiger partial charge >= 0.3 is 0 Å². The molecule has 0 N–H and O–H groups in total. The fourth-order valence-corrected chi connectivity index (χ4v) is 3.07. The second-order valence-corrected chi connectivity index (χ2v) is 4.95. The minimum atomic E-state index is 0.220. The van der Waals surface area contributed by atoms with E-state index < -0.39 is 0 Å². The van der Waals surface area contributed by atoms with Gasteiger partial charge in [-0.3, -0.25) is 4.79 Å². The Morgan fingerprint density at radius 2 is 1.93 bits per heavy atom. The Kier molecular flexibility index (Phi) is 3.79. The van der Waals surface area contributed by atoms with Crippen molar-refractivity contribution < 1.29 is 9.53 Å². The number of carbonyl (C=O) groups excluding carboxylic acids is 1. The SMILES string of the molecule is CCC1OCCC1C(=O)C1CCCCC1. The van der Waals surface area contributed by atoms with Gasteiger partial charge in [0.05, 0.1) is 6.10 Å². The van der Waals surface area contributed by atoms with Gasteiger partial charge in [-0.05, 0) is 25.7 Å². The molecule has 1 saturated heterocycles. The molecule has 1 aliphatic heterocycles. The molecule has 2 rings (SSSR count). The Hall–Kier alpha value is -0.370. The zero-order chi connectivity index (χ0) is 10.7. The molecule has 0 aromatic carbocycles. The average molecular weight is 210 g/mol. The summed E-state index contributed by atoms with van der Waals surface area (Å²) in [4.78, 5) is 12.3. The summed E-state index contributed by atoms with van der Waals surface area (Å²) in [6, 6.07) is 0. The zero-order valence-corrected chi connectivity index (χ0v) is 9.71. The van der Waals surface area contributed by atoms with E-state index in [1.54, 1.807) is 0 Å². The van der Waals surface area contributed by atoms with Crippen LogP contribution in [-0.4, -0.2) is 18.5 Å². The van der Waals surface area contributed by atoms with Crippen molar-refractivity contribution in [3.05, 3.63) is 0 Å². The van der Waals surface area contributed by atoms with Crippen molar-refractivity contribution >= 4 is 5.78 Å². The van der Waals surface area contributed by atoms with Crippen LogP contribution in [0.3, 0.4) is 0 Å². The molecule has 2 heteroatoms. The van der Waals surface area contributed by atoms with E-state index in [0.717, 1.165) is 32.3 Å². The fourth-order valence-electron chi connectivity index (χ4n) is 3.07. The van der Waals surface area contributed by atoms with Crippen LogP contribution in [0.1, 0.15) is 51.9 Å². The van der Waals surface area contributed by atoms with E-state index in [9.17, 15) is 4.79 Å². The lowest BCUT2D eigenvalue weighted by Gasteiger charge is -2.25. The van der Waals surface area contributed by atoms with Crippen LogP contribution in [-0.2, 0) is 9.53 Å². The molecule has 1 saturated carbocycles. The summed E-state index contributed by atoms with van der Waals surface area (Å²) in [5.74, 6) is 1.09. The van der Waals surface area contributed by atoms with Crippen molar-refractivity contribution in [2.45, 2.75) is 58.0 Å². The van der Waals surface area contributed by atoms with E-state index >= 15 is 0 Å². The number of hydrogen-bond donors (Lipinski definition) is 0. The molecule has 0 spiro atoms. The normalized spacial score (nSPS) is 33.1. The highest BCUT2D eigenvalue weighted by atomic mass is 16.5. The van der Waals surface area contributed by atoms with E-state index in [2.05, 4.69) is 6.92 Å².